The van der Waals surface area contributed by atoms with Crippen molar-refractivity contribution in [1.29, 1.82) is 0 Å². The second-order valence-electron chi connectivity index (χ2n) is 7.31. The summed E-state index contributed by atoms with van der Waals surface area (Å²) in [6, 6.07) is 2.06. The molecule has 6 nitrogen and oxygen atoms in total. The first-order chi connectivity index (χ1) is 11.6. The molecule has 2 fully saturated rings. The van der Waals surface area contributed by atoms with Gasteiger partial charge in [0.25, 0.3) is 0 Å². The molecule has 1 unspecified atom stereocenters. The van der Waals surface area contributed by atoms with Gasteiger partial charge in [0.15, 0.2) is 5.82 Å². The molecule has 130 valence electrons. The van der Waals surface area contributed by atoms with Crippen molar-refractivity contribution < 1.29 is 5.11 Å². The molecule has 2 saturated heterocycles. The third-order valence-corrected chi connectivity index (χ3v) is 6.48. The molecule has 7 heteroatoms. The number of likely N-dealkylation sites (tertiary alicyclic amines) is 1. The number of rotatable bonds is 2. The molecule has 1 N–H and O–H groups in total. The average molecular weight is 394 g/mol. The van der Waals surface area contributed by atoms with Crippen LogP contribution in [0.15, 0.2) is 23.1 Å². The van der Waals surface area contributed by atoms with E-state index in [0.29, 0.717) is 11.3 Å². The Morgan fingerprint density at radius 1 is 1.29 bits per heavy atom. The van der Waals surface area contributed by atoms with Gasteiger partial charge in [-0.25, -0.2) is 9.50 Å². The zero-order valence-electron chi connectivity index (χ0n) is 14.0. The minimum Gasteiger partial charge on any atom is -0.396 e. The normalized spacial score (nSPS) is 24.8. The second-order valence-corrected chi connectivity index (χ2v) is 8.23. The summed E-state index contributed by atoms with van der Waals surface area (Å²) >= 11 is 3.52. The number of anilines is 1. The lowest BCUT2D eigenvalue weighted by Gasteiger charge is -2.51. The lowest BCUT2D eigenvalue weighted by molar-refractivity contribution is 0.00952. The van der Waals surface area contributed by atoms with E-state index in [9.17, 15) is 5.11 Å². The van der Waals surface area contributed by atoms with E-state index >= 15 is 0 Å². The summed E-state index contributed by atoms with van der Waals surface area (Å²) in [5.41, 5.74) is 1.31. The summed E-state index contributed by atoms with van der Waals surface area (Å²) in [5.74, 6) is 1.28. The van der Waals surface area contributed by atoms with Crippen molar-refractivity contribution >= 4 is 27.3 Å². The molecule has 0 radical (unpaired) electrons. The summed E-state index contributed by atoms with van der Waals surface area (Å²) in [5, 5.41) is 14.4. The van der Waals surface area contributed by atoms with E-state index < -0.39 is 0 Å². The molecule has 4 rings (SSSR count). The van der Waals surface area contributed by atoms with Gasteiger partial charge in [0, 0.05) is 36.3 Å². The van der Waals surface area contributed by atoms with Crippen molar-refractivity contribution in [3.05, 3.63) is 23.1 Å². The molecule has 0 saturated carbocycles. The van der Waals surface area contributed by atoms with E-state index in [2.05, 4.69) is 48.9 Å². The SMILES string of the molecule is CN1CCC2(CC1)CCN(c1ncnn3cc(Br)cc13)CC2CO. The Morgan fingerprint density at radius 2 is 2.04 bits per heavy atom. The van der Waals surface area contributed by atoms with Crippen LogP contribution in [0.2, 0.25) is 0 Å². The van der Waals surface area contributed by atoms with Crippen LogP contribution in [-0.2, 0) is 0 Å². The molecule has 1 atom stereocenters. The van der Waals surface area contributed by atoms with E-state index in [4.69, 9.17) is 0 Å². The Morgan fingerprint density at radius 3 is 2.79 bits per heavy atom. The number of hydrogen-bond donors (Lipinski definition) is 1. The molecule has 0 bridgehead atoms. The van der Waals surface area contributed by atoms with Gasteiger partial charge in [0.2, 0.25) is 0 Å². The molecule has 2 aliphatic heterocycles. The van der Waals surface area contributed by atoms with Crippen LogP contribution in [0.1, 0.15) is 19.3 Å². The number of nitrogens with zero attached hydrogens (tertiary/aromatic N) is 5. The maximum absolute atomic E-state index is 10.1. The Balaban J connectivity index is 1.60. The Kier molecular flexibility index (Phi) is 4.26. The van der Waals surface area contributed by atoms with Gasteiger partial charge < -0.3 is 14.9 Å². The minimum atomic E-state index is 0.256. The van der Waals surface area contributed by atoms with Gasteiger partial charge in [-0.3, -0.25) is 0 Å². The van der Waals surface area contributed by atoms with Crippen molar-refractivity contribution in [2.24, 2.45) is 11.3 Å². The zero-order valence-corrected chi connectivity index (χ0v) is 15.6. The van der Waals surface area contributed by atoms with Gasteiger partial charge in [0.1, 0.15) is 11.8 Å². The lowest BCUT2D eigenvalue weighted by atomic mass is 9.64. The monoisotopic (exact) mass is 393 g/mol. The highest BCUT2D eigenvalue weighted by Crippen LogP contribution is 2.45. The minimum absolute atomic E-state index is 0.256. The van der Waals surface area contributed by atoms with E-state index in [-0.39, 0.29) is 6.61 Å². The lowest BCUT2D eigenvalue weighted by Crippen LogP contribution is -2.53. The maximum Gasteiger partial charge on any atom is 0.156 e. The van der Waals surface area contributed by atoms with Gasteiger partial charge in [-0.05, 0) is 66.8 Å². The van der Waals surface area contributed by atoms with Gasteiger partial charge in [-0.1, -0.05) is 0 Å². The smallest absolute Gasteiger partial charge is 0.156 e. The van der Waals surface area contributed by atoms with Gasteiger partial charge in [0.05, 0.1) is 0 Å². The van der Waals surface area contributed by atoms with Crippen LogP contribution in [-0.4, -0.2) is 64.4 Å². The number of aliphatic hydroxyl groups is 1. The van der Waals surface area contributed by atoms with Crippen LogP contribution in [0.5, 0.6) is 0 Å². The molecule has 2 aliphatic rings. The molecule has 0 aliphatic carbocycles. The molecule has 0 amide bonds. The molecule has 2 aromatic rings. The van der Waals surface area contributed by atoms with Crippen molar-refractivity contribution in [2.45, 2.75) is 19.3 Å². The molecular weight excluding hydrogens is 370 g/mol. The number of piperidine rings is 2. The predicted molar refractivity (Wildman–Crippen MR) is 97.3 cm³/mol. The first-order valence-electron chi connectivity index (χ1n) is 8.64. The van der Waals surface area contributed by atoms with Crippen LogP contribution in [0.4, 0.5) is 5.82 Å². The highest BCUT2D eigenvalue weighted by Gasteiger charge is 2.44. The van der Waals surface area contributed by atoms with E-state index in [0.717, 1.165) is 48.4 Å². The molecule has 2 aromatic heterocycles. The Labute approximate surface area is 150 Å². The predicted octanol–water partition coefficient (Wildman–Crippen LogP) is 2.02. The molecule has 4 heterocycles. The quantitative estimate of drug-likeness (QED) is 0.845. The first kappa shape index (κ1) is 16.3. The summed E-state index contributed by atoms with van der Waals surface area (Å²) in [7, 11) is 2.19. The van der Waals surface area contributed by atoms with Crippen LogP contribution < -0.4 is 4.90 Å². The van der Waals surface area contributed by atoms with Crippen LogP contribution >= 0.6 is 15.9 Å². The third kappa shape index (κ3) is 2.72. The highest BCUT2D eigenvalue weighted by molar-refractivity contribution is 9.10. The van der Waals surface area contributed by atoms with Crippen molar-refractivity contribution in [2.75, 3.05) is 44.7 Å². The molecular formula is C17H24BrN5O. The summed E-state index contributed by atoms with van der Waals surface area (Å²) in [6.45, 7) is 4.40. The van der Waals surface area contributed by atoms with Crippen molar-refractivity contribution in [3.8, 4) is 0 Å². The largest absolute Gasteiger partial charge is 0.396 e. The molecule has 0 aromatic carbocycles. The number of halogens is 1. The van der Waals surface area contributed by atoms with Gasteiger partial charge >= 0.3 is 0 Å². The highest BCUT2D eigenvalue weighted by atomic mass is 79.9. The summed E-state index contributed by atoms with van der Waals surface area (Å²) in [4.78, 5) is 9.27. The number of aliphatic hydroxyl groups excluding tert-OH is 1. The Hall–Kier alpha value is -1.18. The standard InChI is InChI=1S/C17H24BrN5O/c1-21-5-2-17(3-6-21)4-7-22(9-13(17)11-24)16-15-8-14(18)10-23(15)20-12-19-16/h8,10,12-13,24H,2-7,9,11H2,1H3. The van der Waals surface area contributed by atoms with E-state index in [1.807, 2.05) is 10.7 Å². The number of hydrogen-bond acceptors (Lipinski definition) is 5. The van der Waals surface area contributed by atoms with Crippen LogP contribution in [0.3, 0.4) is 0 Å². The molecule has 24 heavy (non-hydrogen) atoms. The van der Waals surface area contributed by atoms with Crippen molar-refractivity contribution in [1.82, 2.24) is 19.5 Å². The second kappa shape index (κ2) is 6.28. The maximum atomic E-state index is 10.1. The van der Waals surface area contributed by atoms with Gasteiger partial charge in [-0.2, -0.15) is 5.10 Å². The zero-order chi connectivity index (χ0) is 16.7. The fourth-order valence-corrected chi connectivity index (χ4v) is 4.82. The topological polar surface area (TPSA) is 56.9 Å². The molecule has 1 spiro atoms. The van der Waals surface area contributed by atoms with Crippen LogP contribution in [0.25, 0.3) is 5.52 Å². The average Bonchev–Trinajstić information content (AvgIpc) is 2.98. The number of aromatic nitrogens is 3. The number of fused-ring (bicyclic) bond motifs is 1. The summed E-state index contributed by atoms with van der Waals surface area (Å²) < 4.78 is 2.87. The van der Waals surface area contributed by atoms with Crippen LogP contribution in [0, 0.1) is 11.3 Å². The van der Waals surface area contributed by atoms with Gasteiger partial charge in [-0.15, -0.1) is 0 Å². The van der Waals surface area contributed by atoms with E-state index in [1.165, 1.54) is 12.8 Å². The first-order valence-corrected chi connectivity index (χ1v) is 9.44. The fraction of sp³-hybridized carbons (Fsp3) is 0.647. The third-order valence-electron chi connectivity index (χ3n) is 6.04. The van der Waals surface area contributed by atoms with E-state index in [1.54, 1.807) is 6.33 Å². The fourth-order valence-electron chi connectivity index (χ4n) is 4.41. The summed E-state index contributed by atoms with van der Waals surface area (Å²) in [6.07, 6.45) is 7.08. The van der Waals surface area contributed by atoms with Crippen molar-refractivity contribution in [3.63, 3.8) is 0 Å². The Bertz CT molecular complexity index is 725.